The second-order valence-corrected chi connectivity index (χ2v) is 4.96. The topological polar surface area (TPSA) is 39.1 Å². The van der Waals surface area contributed by atoms with Crippen LogP contribution in [0.4, 0.5) is 0 Å². The van der Waals surface area contributed by atoms with Crippen LogP contribution in [0.3, 0.4) is 0 Å². The Balaban J connectivity index is 1.70. The molecule has 0 spiro atoms. The maximum absolute atomic E-state index is 8.69. The molecule has 3 nitrogen and oxygen atoms in total. The zero-order valence-electron chi connectivity index (χ0n) is 8.92. The molecule has 1 aliphatic carbocycles. The lowest BCUT2D eigenvalue weighted by Crippen LogP contribution is -2.35. The molecule has 14 heavy (non-hydrogen) atoms. The molecule has 0 amide bonds. The van der Waals surface area contributed by atoms with Crippen molar-refractivity contribution in [2.75, 3.05) is 26.7 Å². The maximum Gasteiger partial charge on any atom is 0.0628 e. The van der Waals surface area contributed by atoms with Crippen molar-refractivity contribution in [2.45, 2.75) is 31.7 Å². The van der Waals surface area contributed by atoms with Gasteiger partial charge in [0, 0.05) is 25.6 Å². The molecule has 1 heterocycles. The summed E-state index contributed by atoms with van der Waals surface area (Å²) in [7, 11) is 2.17. The van der Waals surface area contributed by atoms with Gasteiger partial charge in [-0.05, 0) is 38.3 Å². The quantitative estimate of drug-likeness (QED) is 0.723. The number of hydrogen-bond donors (Lipinski definition) is 1. The number of likely N-dealkylation sites (tertiary alicyclic amines) is 1. The summed E-state index contributed by atoms with van der Waals surface area (Å²) in [6.45, 7) is 3.44. The minimum atomic E-state index is 0.357. The second-order valence-electron chi connectivity index (χ2n) is 4.96. The van der Waals surface area contributed by atoms with Crippen LogP contribution >= 0.6 is 0 Å². The van der Waals surface area contributed by atoms with Gasteiger partial charge in [-0.2, -0.15) is 5.26 Å². The van der Waals surface area contributed by atoms with Gasteiger partial charge in [0.05, 0.1) is 6.07 Å². The van der Waals surface area contributed by atoms with E-state index in [1.165, 1.54) is 32.4 Å². The van der Waals surface area contributed by atoms with Crippen LogP contribution in [0.25, 0.3) is 0 Å². The van der Waals surface area contributed by atoms with Crippen molar-refractivity contribution in [3.05, 3.63) is 0 Å². The molecule has 1 aliphatic heterocycles. The molecular formula is C11H19N3. The standard InChI is InChI=1S/C11H19N3/c1-14-7-2-10(8-14)13-9-11(3-4-11)5-6-12/h10,13H,2-5,7-9H2,1H3. The SMILES string of the molecule is CN1CCC(NCC2(CC#N)CC2)C1. The Morgan fingerprint density at radius 3 is 2.86 bits per heavy atom. The third-order valence-electron chi connectivity index (χ3n) is 3.57. The summed E-state index contributed by atoms with van der Waals surface area (Å²) in [5, 5.41) is 12.3. The molecule has 0 aromatic heterocycles. The molecule has 1 saturated carbocycles. The van der Waals surface area contributed by atoms with E-state index in [0.717, 1.165) is 13.0 Å². The molecule has 0 aromatic rings. The van der Waals surface area contributed by atoms with Crippen LogP contribution in [0.15, 0.2) is 0 Å². The Morgan fingerprint density at radius 1 is 1.57 bits per heavy atom. The normalized spacial score (nSPS) is 30.1. The first kappa shape index (κ1) is 9.95. The number of nitrogens with one attached hydrogen (secondary N) is 1. The van der Waals surface area contributed by atoms with E-state index in [2.05, 4.69) is 23.3 Å². The molecule has 2 fully saturated rings. The fraction of sp³-hybridized carbons (Fsp3) is 0.909. The van der Waals surface area contributed by atoms with E-state index in [9.17, 15) is 0 Å². The van der Waals surface area contributed by atoms with Gasteiger partial charge in [0.2, 0.25) is 0 Å². The highest BCUT2D eigenvalue weighted by Crippen LogP contribution is 2.47. The fourth-order valence-corrected chi connectivity index (χ4v) is 2.22. The predicted octanol–water partition coefficient (Wildman–Crippen LogP) is 0.974. The molecule has 1 N–H and O–H groups in total. The van der Waals surface area contributed by atoms with E-state index in [0.29, 0.717) is 11.5 Å². The van der Waals surface area contributed by atoms with Crippen molar-refractivity contribution in [3.8, 4) is 6.07 Å². The molecular weight excluding hydrogens is 174 g/mol. The van der Waals surface area contributed by atoms with Gasteiger partial charge in [0.1, 0.15) is 0 Å². The second kappa shape index (κ2) is 3.88. The first-order chi connectivity index (χ1) is 6.74. The molecule has 2 rings (SSSR count). The summed E-state index contributed by atoms with van der Waals surface area (Å²) in [6.07, 6.45) is 4.49. The lowest BCUT2D eigenvalue weighted by molar-refractivity contribution is 0.379. The lowest BCUT2D eigenvalue weighted by Gasteiger charge is -2.17. The smallest absolute Gasteiger partial charge is 0.0628 e. The summed E-state index contributed by atoms with van der Waals surface area (Å²) >= 11 is 0. The van der Waals surface area contributed by atoms with Crippen molar-refractivity contribution in [1.29, 1.82) is 5.26 Å². The Labute approximate surface area is 86.1 Å². The van der Waals surface area contributed by atoms with E-state index in [4.69, 9.17) is 5.26 Å². The van der Waals surface area contributed by atoms with E-state index >= 15 is 0 Å². The van der Waals surface area contributed by atoms with Gasteiger partial charge in [0.25, 0.3) is 0 Å². The number of nitrogens with zero attached hydrogens (tertiary/aromatic N) is 2. The number of hydrogen-bond acceptors (Lipinski definition) is 3. The average Bonchev–Trinajstić information content (AvgIpc) is 2.80. The van der Waals surface area contributed by atoms with Gasteiger partial charge >= 0.3 is 0 Å². The highest BCUT2D eigenvalue weighted by Gasteiger charge is 2.42. The summed E-state index contributed by atoms with van der Waals surface area (Å²) in [6, 6.07) is 2.97. The molecule has 0 aromatic carbocycles. The van der Waals surface area contributed by atoms with Crippen LogP contribution in [0.1, 0.15) is 25.7 Å². The fourth-order valence-electron chi connectivity index (χ4n) is 2.22. The average molecular weight is 193 g/mol. The van der Waals surface area contributed by atoms with Crippen LogP contribution in [0, 0.1) is 16.7 Å². The molecule has 78 valence electrons. The first-order valence-electron chi connectivity index (χ1n) is 5.53. The number of likely N-dealkylation sites (N-methyl/N-ethyl adjacent to an activating group) is 1. The highest BCUT2D eigenvalue weighted by molar-refractivity contribution is 5.01. The van der Waals surface area contributed by atoms with Crippen molar-refractivity contribution < 1.29 is 0 Å². The van der Waals surface area contributed by atoms with Crippen LogP contribution in [0.2, 0.25) is 0 Å². The monoisotopic (exact) mass is 193 g/mol. The van der Waals surface area contributed by atoms with Crippen LogP contribution < -0.4 is 5.32 Å². The molecule has 2 aliphatic rings. The summed E-state index contributed by atoms with van der Waals surface area (Å²) < 4.78 is 0. The largest absolute Gasteiger partial charge is 0.312 e. The van der Waals surface area contributed by atoms with Gasteiger partial charge in [-0.15, -0.1) is 0 Å². The predicted molar refractivity (Wildman–Crippen MR) is 55.8 cm³/mol. The van der Waals surface area contributed by atoms with E-state index < -0.39 is 0 Å². The summed E-state index contributed by atoms with van der Waals surface area (Å²) in [5.41, 5.74) is 0.357. The highest BCUT2D eigenvalue weighted by atomic mass is 15.2. The van der Waals surface area contributed by atoms with Crippen molar-refractivity contribution in [2.24, 2.45) is 5.41 Å². The number of nitriles is 1. The zero-order valence-corrected chi connectivity index (χ0v) is 8.92. The molecule has 0 bridgehead atoms. The van der Waals surface area contributed by atoms with Gasteiger partial charge in [0.15, 0.2) is 0 Å². The molecule has 1 saturated heterocycles. The van der Waals surface area contributed by atoms with Gasteiger partial charge in [-0.1, -0.05) is 0 Å². The van der Waals surface area contributed by atoms with Crippen LogP contribution in [-0.2, 0) is 0 Å². The van der Waals surface area contributed by atoms with Crippen molar-refractivity contribution in [1.82, 2.24) is 10.2 Å². The molecule has 3 heteroatoms. The van der Waals surface area contributed by atoms with Gasteiger partial charge in [-0.25, -0.2) is 0 Å². The lowest BCUT2D eigenvalue weighted by atomic mass is 10.0. The van der Waals surface area contributed by atoms with Gasteiger partial charge in [-0.3, -0.25) is 0 Å². The minimum Gasteiger partial charge on any atom is -0.312 e. The number of rotatable bonds is 4. The molecule has 1 atom stereocenters. The Kier molecular flexibility index (Phi) is 2.76. The first-order valence-corrected chi connectivity index (χ1v) is 5.53. The van der Waals surface area contributed by atoms with Crippen LogP contribution in [0.5, 0.6) is 0 Å². The minimum absolute atomic E-state index is 0.357. The third-order valence-corrected chi connectivity index (χ3v) is 3.57. The Hall–Kier alpha value is -0.590. The van der Waals surface area contributed by atoms with E-state index in [-0.39, 0.29) is 0 Å². The van der Waals surface area contributed by atoms with Crippen molar-refractivity contribution >= 4 is 0 Å². The van der Waals surface area contributed by atoms with Crippen molar-refractivity contribution in [3.63, 3.8) is 0 Å². The van der Waals surface area contributed by atoms with Crippen LogP contribution in [-0.4, -0.2) is 37.6 Å². The Morgan fingerprint density at radius 2 is 2.36 bits per heavy atom. The third kappa shape index (κ3) is 2.26. The van der Waals surface area contributed by atoms with E-state index in [1.807, 2.05) is 0 Å². The molecule has 1 unspecified atom stereocenters. The maximum atomic E-state index is 8.69. The zero-order chi connectivity index (χ0) is 10.0. The summed E-state index contributed by atoms with van der Waals surface area (Å²) in [4.78, 5) is 2.36. The summed E-state index contributed by atoms with van der Waals surface area (Å²) in [5.74, 6) is 0. The van der Waals surface area contributed by atoms with E-state index in [1.54, 1.807) is 0 Å². The molecule has 0 radical (unpaired) electrons. The van der Waals surface area contributed by atoms with Gasteiger partial charge < -0.3 is 10.2 Å². The Bertz CT molecular complexity index is 239.